The smallest absolute Gasteiger partial charge is 0.160 e. The number of benzene rings is 1. The van der Waals surface area contributed by atoms with Crippen LogP contribution in [0.25, 0.3) is 0 Å². The molecule has 1 unspecified atom stereocenters. The minimum absolute atomic E-state index is 0.416. The SMILES string of the molecule is Cc1cc(OC(C)C=O)ccc1Cl. The lowest BCUT2D eigenvalue weighted by atomic mass is 10.2. The normalized spacial score (nSPS) is 12.2. The fourth-order valence-electron chi connectivity index (χ4n) is 0.933. The van der Waals surface area contributed by atoms with Crippen molar-refractivity contribution in [1.29, 1.82) is 0 Å². The van der Waals surface area contributed by atoms with Gasteiger partial charge in [-0.1, -0.05) is 11.6 Å². The fourth-order valence-corrected chi connectivity index (χ4v) is 1.05. The molecule has 70 valence electrons. The lowest BCUT2D eigenvalue weighted by Gasteiger charge is -2.09. The van der Waals surface area contributed by atoms with E-state index in [-0.39, 0.29) is 0 Å². The molecule has 2 nitrogen and oxygen atoms in total. The molecule has 0 amide bonds. The number of ether oxygens (including phenoxy) is 1. The number of aryl methyl sites for hydroxylation is 1. The van der Waals surface area contributed by atoms with Crippen LogP contribution in [0.5, 0.6) is 5.75 Å². The molecule has 0 aliphatic rings. The number of hydrogen-bond acceptors (Lipinski definition) is 2. The van der Waals surface area contributed by atoms with E-state index < -0.39 is 6.10 Å². The zero-order valence-electron chi connectivity index (χ0n) is 7.58. The molecule has 3 heteroatoms. The summed E-state index contributed by atoms with van der Waals surface area (Å²) in [5.74, 6) is 0.668. The zero-order valence-corrected chi connectivity index (χ0v) is 8.34. The largest absolute Gasteiger partial charge is 0.483 e. The van der Waals surface area contributed by atoms with Crippen LogP contribution in [0.2, 0.25) is 5.02 Å². The summed E-state index contributed by atoms with van der Waals surface area (Å²) < 4.78 is 5.27. The Bertz CT molecular complexity index is 310. The van der Waals surface area contributed by atoms with Gasteiger partial charge in [0.25, 0.3) is 0 Å². The van der Waals surface area contributed by atoms with Crippen LogP contribution in [0.4, 0.5) is 0 Å². The number of hydrogen-bond donors (Lipinski definition) is 0. The third-order valence-corrected chi connectivity index (χ3v) is 2.07. The first kappa shape index (κ1) is 10.1. The highest BCUT2D eigenvalue weighted by Gasteiger charge is 2.02. The molecule has 0 radical (unpaired) electrons. The van der Waals surface area contributed by atoms with E-state index in [1.807, 2.05) is 13.0 Å². The Morgan fingerprint density at radius 3 is 2.77 bits per heavy atom. The number of carbonyl (C=O) groups excluding carboxylic acids is 1. The second-order valence-electron chi connectivity index (χ2n) is 2.87. The van der Waals surface area contributed by atoms with Crippen molar-refractivity contribution in [2.75, 3.05) is 0 Å². The van der Waals surface area contributed by atoms with Crippen LogP contribution < -0.4 is 4.74 Å². The van der Waals surface area contributed by atoms with E-state index in [1.54, 1.807) is 19.1 Å². The summed E-state index contributed by atoms with van der Waals surface area (Å²) in [6, 6.07) is 5.31. The quantitative estimate of drug-likeness (QED) is 0.698. The fraction of sp³-hybridized carbons (Fsp3) is 0.300. The summed E-state index contributed by atoms with van der Waals surface area (Å²) >= 11 is 5.83. The average molecular weight is 199 g/mol. The van der Waals surface area contributed by atoms with Gasteiger partial charge in [-0.3, -0.25) is 4.79 Å². The van der Waals surface area contributed by atoms with Gasteiger partial charge in [-0.25, -0.2) is 0 Å². The van der Waals surface area contributed by atoms with Crippen molar-refractivity contribution in [3.05, 3.63) is 28.8 Å². The van der Waals surface area contributed by atoms with Crippen LogP contribution in [0, 0.1) is 6.92 Å². The van der Waals surface area contributed by atoms with Crippen LogP contribution in [-0.2, 0) is 4.79 Å². The average Bonchev–Trinajstić information content (AvgIpc) is 2.11. The first-order valence-corrected chi connectivity index (χ1v) is 4.39. The lowest BCUT2D eigenvalue weighted by Crippen LogP contribution is -2.12. The molecule has 1 aromatic rings. The second kappa shape index (κ2) is 4.28. The third-order valence-electron chi connectivity index (χ3n) is 1.64. The molecule has 13 heavy (non-hydrogen) atoms. The third kappa shape index (κ3) is 2.74. The van der Waals surface area contributed by atoms with Crippen LogP contribution in [0.15, 0.2) is 18.2 Å². The number of aldehydes is 1. The first-order valence-electron chi connectivity index (χ1n) is 4.01. The Kier molecular flexibility index (Phi) is 3.32. The molecule has 0 fully saturated rings. The molecule has 0 bridgehead atoms. The van der Waals surface area contributed by atoms with Gasteiger partial charge in [-0.2, -0.15) is 0 Å². The van der Waals surface area contributed by atoms with Crippen molar-refractivity contribution in [1.82, 2.24) is 0 Å². The lowest BCUT2D eigenvalue weighted by molar-refractivity contribution is -0.113. The van der Waals surface area contributed by atoms with Crippen LogP contribution in [-0.4, -0.2) is 12.4 Å². The standard InChI is InChI=1S/C10H11ClO2/c1-7-5-9(3-4-10(7)11)13-8(2)6-12/h3-6,8H,1-2H3. The van der Waals surface area contributed by atoms with E-state index in [4.69, 9.17) is 16.3 Å². The molecule has 1 atom stereocenters. The van der Waals surface area contributed by atoms with Crippen molar-refractivity contribution in [2.24, 2.45) is 0 Å². The van der Waals surface area contributed by atoms with Crippen molar-refractivity contribution in [3.8, 4) is 5.75 Å². The summed E-state index contributed by atoms with van der Waals surface area (Å²) in [7, 11) is 0. The first-order chi connectivity index (χ1) is 6.13. The molecule has 0 spiro atoms. The molecule has 0 saturated heterocycles. The summed E-state index contributed by atoms with van der Waals surface area (Å²) in [5.41, 5.74) is 0.942. The van der Waals surface area contributed by atoms with E-state index >= 15 is 0 Å². The zero-order chi connectivity index (χ0) is 9.84. The van der Waals surface area contributed by atoms with Crippen molar-refractivity contribution >= 4 is 17.9 Å². The van der Waals surface area contributed by atoms with Gasteiger partial charge in [0.15, 0.2) is 12.4 Å². The molecular formula is C10H11ClO2. The number of halogens is 1. The minimum atomic E-state index is -0.416. The molecule has 0 saturated carbocycles. The predicted molar refractivity (Wildman–Crippen MR) is 52.3 cm³/mol. The van der Waals surface area contributed by atoms with E-state index in [1.165, 1.54) is 0 Å². The summed E-state index contributed by atoms with van der Waals surface area (Å²) in [4.78, 5) is 10.3. The highest BCUT2D eigenvalue weighted by molar-refractivity contribution is 6.31. The molecule has 0 aliphatic heterocycles. The summed E-state index contributed by atoms with van der Waals surface area (Å²) in [6.07, 6.45) is 0.338. The Labute approximate surface area is 82.5 Å². The van der Waals surface area contributed by atoms with Crippen LogP contribution >= 0.6 is 11.6 Å². The van der Waals surface area contributed by atoms with Crippen molar-refractivity contribution < 1.29 is 9.53 Å². The molecule has 0 heterocycles. The Morgan fingerprint density at radius 1 is 1.54 bits per heavy atom. The van der Waals surface area contributed by atoms with Crippen molar-refractivity contribution in [3.63, 3.8) is 0 Å². The van der Waals surface area contributed by atoms with Gasteiger partial charge < -0.3 is 4.74 Å². The van der Waals surface area contributed by atoms with Gasteiger partial charge in [0.05, 0.1) is 0 Å². The maximum absolute atomic E-state index is 10.3. The molecule has 0 aliphatic carbocycles. The van der Waals surface area contributed by atoms with Crippen molar-refractivity contribution in [2.45, 2.75) is 20.0 Å². The minimum Gasteiger partial charge on any atom is -0.483 e. The van der Waals surface area contributed by atoms with Gasteiger partial charge in [-0.05, 0) is 37.6 Å². The Morgan fingerprint density at radius 2 is 2.23 bits per heavy atom. The Balaban J connectivity index is 2.79. The molecule has 0 aromatic heterocycles. The number of carbonyl (C=O) groups is 1. The Hall–Kier alpha value is -1.02. The summed E-state index contributed by atoms with van der Waals surface area (Å²) in [6.45, 7) is 3.58. The van der Waals surface area contributed by atoms with E-state index in [2.05, 4.69) is 0 Å². The van der Waals surface area contributed by atoms with Gasteiger partial charge in [-0.15, -0.1) is 0 Å². The van der Waals surface area contributed by atoms with Gasteiger partial charge in [0, 0.05) is 5.02 Å². The van der Waals surface area contributed by atoms with Crippen LogP contribution in [0.1, 0.15) is 12.5 Å². The monoisotopic (exact) mass is 198 g/mol. The molecule has 0 N–H and O–H groups in total. The van der Waals surface area contributed by atoms with E-state index in [0.717, 1.165) is 11.8 Å². The topological polar surface area (TPSA) is 26.3 Å². The number of rotatable bonds is 3. The van der Waals surface area contributed by atoms with Crippen LogP contribution in [0.3, 0.4) is 0 Å². The highest BCUT2D eigenvalue weighted by atomic mass is 35.5. The van der Waals surface area contributed by atoms with Gasteiger partial charge >= 0.3 is 0 Å². The maximum Gasteiger partial charge on any atom is 0.160 e. The van der Waals surface area contributed by atoms with E-state index in [0.29, 0.717) is 10.8 Å². The highest BCUT2D eigenvalue weighted by Crippen LogP contribution is 2.21. The van der Waals surface area contributed by atoms with Gasteiger partial charge in [0.1, 0.15) is 5.75 Å². The van der Waals surface area contributed by atoms with E-state index in [9.17, 15) is 4.79 Å². The molecule has 1 rings (SSSR count). The molecular weight excluding hydrogens is 188 g/mol. The second-order valence-corrected chi connectivity index (χ2v) is 3.28. The molecule has 1 aromatic carbocycles. The maximum atomic E-state index is 10.3. The summed E-state index contributed by atoms with van der Waals surface area (Å²) in [5, 5.41) is 0.700. The van der Waals surface area contributed by atoms with Gasteiger partial charge in [0.2, 0.25) is 0 Å². The predicted octanol–water partition coefficient (Wildman–Crippen LogP) is 2.61.